The standard InChI is InChI=1S/C31H22ClOS2/c32-30-14-8-7-13-29(30)31(33)23-15-17-24(18-16-23)34-25-19-21-28(22-20-25)35(26-9-3-1-4-10-26)27-11-5-2-6-12-27/h1-22H/q+1. The lowest BCUT2D eigenvalue weighted by Gasteiger charge is -2.09. The van der Waals surface area contributed by atoms with Crippen molar-refractivity contribution in [2.45, 2.75) is 24.5 Å². The Balaban J connectivity index is 1.34. The molecule has 1 nitrogen and oxygen atoms in total. The third-order valence-corrected chi connectivity index (χ3v) is 9.06. The van der Waals surface area contributed by atoms with Crippen molar-refractivity contribution < 1.29 is 4.79 Å². The van der Waals surface area contributed by atoms with E-state index in [0.29, 0.717) is 16.1 Å². The fourth-order valence-electron chi connectivity index (χ4n) is 3.78. The summed E-state index contributed by atoms with van der Waals surface area (Å²) in [7, 11) is -0.156. The molecule has 5 rings (SSSR count). The Labute approximate surface area is 218 Å². The van der Waals surface area contributed by atoms with Crippen LogP contribution in [0.15, 0.2) is 158 Å². The van der Waals surface area contributed by atoms with Crippen LogP contribution in [0.25, 0.3) is 0 Å². The highest BCUT2D eigenvalue weighted by atomic mass is 35.5. The zero-order valence-electron chi connectivity index (χ0n) is 18.8. The minimum atomic E-state index is -0.156. The fraction of sp³-hybridized carbons (Fsp3) is 0. The van der Waals surface area contributed by atoms with Crippen molar-refractivity contribution in [3.63, 3.8) is 0 Å². The Morgan fingerprint density at radius 2 is 1.00 bits per heavy atom. The van der Waals surface area contributed by atoms with E-state index in [1.165, 1.54) is 14.7 Å². The molecule has 0 aliphatic heterocycles. The molecule has 4 heteroatoms. The van der Waals surface area contributed by atoms with E-state index < -0.39 is 0 Å². The Morgan fingerprint density at radius 3 is 1.54 bits per heavy atom. The first-order valence-electron chi connectivity index (χ1n) is 11.2. The van der Waals surface area contributed by atoms with Gasteiger partial charge in [-0.05, 0) is 84.9 Å². The van der Waals surface area contributed by atoms with Crippen molar-refractivity contribution in [3.05, 3.63) is 150 Å². The van der Waals surface area contributed by atoms with E-state index in [2.05, 4.69) is 84.9 Å². The first kappa shape index (κ1) is 23.5. The Bertz CT molecular complexity index is 1380. The van der Waals surface area contributed by atoms with Gasteiger partial charge in [0.05, 0.1) is 15.9 Å². The molecule has 0 N–H and O–H groups in total. The minimum absolute atomic E-state index is 0.0645. The Hall–Kier alpha value is -3.24. The van der Waals surface area contributed by atoms with Crippen LogP contribution in [0.5, 0.6) is 0 Å². The van der Waals surface area contributed by atoms with Gasteiger partial charge in [0.1, 0.15) is 0 Å². The number of halogens is 1. The maximum atomic E-state index is 12.8. The lowest BCUT2D eigenvalue weighted by Crippen LogP contribution is -2.04. The first-order chi connectivity index (χ1) is 17.2. The van der Waals surface area contributed by atoms with Crippen LogP contribution >= 0.6 is 23.4 Å². The van der Waals surface area contributed by atoms with E-state index in [1.54, 1.807) is 23.9 Å². The lowest BCUT2D eigenvalue weighted by molar-refractivity contribution is 0.103. The largest absolute Gasteiger partial charge is 0.289 e. The zero-order valence-corrected chi connectivity index (χ0v) is 21.2. The van der Waals surface area contributed by atoms with Crippen LogP contribution < -0.4 is 0 Å². The van der Waals surface area contributed by atoms with Gasteiger partial charge in [-0.1, -0.05) is 71.9 Å². The molecular weight excluding hydrogens is 488 g/mol. The van der Waals surface area contributed by atoms with E-state index >= 15 is 0 Å². The first-order valence-corrected chi connectivity index (χ1v) is 13.6. The molecule has 0 amide bonds. The summed E-state index contributed by atoms with van der Waals surface area (Å²) in [5, 5.41) is 0.473. The van der Waals surface area contributed by atoms with E-state index in [1.807, 2.05) is 36.4 Å². The third-order valence-electron chi connectivity index (χ3n) is 5.49. The molecule has 35 heavy (non-hydrogen) atoms. The highest BCUT2D eigenvalue weighted by molar-refractivity contribution is 7.99. The summed E-state index contributed by atoms with van der Waals surface area (Å²) in [6.45, 7) is 0. The fourth-order valence-corrected chi connectivity index (χ4v) is 6.90. The highest BCUT2D eigenvalue weighted by Crippen LogP contribution is 2.34. The molecule has 0 heterocycles. The summed E-state index contributed by atoms with van der Waals surface area (Å²) in [6.07, 6.45) is 0. The summed E-state index contributed by atoms with van der Waals surface area (Å²) < 4.78 is 0. The molecule has 0 radical (unpaired) electrons. The smallest absolute Gasteiger partial charge is 0.194 e. The van der Waals surface area contributed by atoms with Gasteiger partial charge in [0.25, 0.3) is 0 Å². The van der Waals surface area contributed by atoms with Crippen molar-refractivity contribution in [2.24, 2.45) is 0 Å². The monoisotopic (exact) mass is 509 g/mol. The quantitative estimate of drug-likeness (QED) is 0.161. The van der Waals surface area contributed by atoms with Crippen LogP contribution in [0.1, 0.15) is 15.9 Å². The SMILES string of the molecule is O=C(c1ccc(Sc2ccc([S+](c3ccccc3)c3ccccc3)cc2)cc1)c1ccccc1Cl. The number of hydrogen-bond donors (Lipinski definition) is 0. The Morgan fingerprint density at radius 1 is 0.543 bits per heavy atom. The van der Waals surface area contributed by atoms with Crippen LogP contribution in [-0.4, -0.2) is 5.78 Å². The van der Waals surface area contributed by atoms with Gasteiger partial charge in [-0.3, -0.25) is 4.79 Å². The van der Waals surface area contributed by atoms with Gasteiger partial charge in [-0.2, -0.15) is 0 Å². The number of rotatable bonds is 7. The van der Waals surface area contributed by atoms with Crippen molar-refractivity contribution >= 4 is 40.0 Å². The van der Waals surface area contributed by atoms with E-state index in [4.69, 9.17) is 11.6 Å². The lowest BCUT2D eigenvalue weighted by atomic mass is 10.0. The van der Waals surface area contributed by atoms with Crippen molar-refractivity contribution in [1.82, 2.24) is 0 Å². The number of ketones is 1. The van der Waals surface area contributed by atoms with Crippen LogP contribution in [0.4, 0.5) is 0 Å². The Kier molecular flexibility index (Phi) is 7.39. The van der Waals surface area contributed by atoms with Gasteiger partial charge in [-0.25, -0.2) is 0 Å². The second-order valence-electron chi connectivity index (χ2n) is 7.84. The molecule has 170 valence electrons. The normalized spacial score (nSPS) is 10.9. The molecule has 0 saturated heterocycles. The maximum Gasteiger partial charge on any atom is 0.194 e. The van der Waals surface area contributed by atoms with Gasteiger partial charge >= 0.3 is 0 Å². The van der Waals surface area contributed by atoms with Crippen molar-refractivity contribution in [1.29, 1.82) is 0 Å². The van der Waals surface area contributed by atoms with Crippen LogP contribution in [-0.2, 0) is 10.9 Å². The summed E-state index contributed by atoms with van der Waals surface area (Å²) in [6, 6.07) is 45.0. The number of carbonyl (C=O) groups excluding carboxylic acids is 1. The second-order valence-corrected chi connectivity index (χ2v) is 11.4. The third kappa shape index (κ3) is 5.54. The van der Waals surface area contributed by atoms with Gasteiger partial charge in [0.2, 0.25) is 0 Å². The molecule has 0 aromatic heterocycles. The average molecular weight is 510 g/mol. The summed E-state index contributed by atoms with van der Waals surface area (Å²) in [4.78, 5) is 18.9. The maximum absolute atomic E-state index is 12.8. The predicted octanol–water partition coefficient (Wildman–Crippen LogP) is 8.82. The van der Waals surface area contributed by atoms with E-state index in [9.17, 15) is 4.79 Å². The molecule has 0 aliphatic carbocycles. The number of hydrogen-bond acceptors (Lipinski definition) is 2. The van der Waals surface area contributed by atoms with Crippen LogP contribution in [0, 0.1) is 0 Å². The van der Waals surface area contributed by atoms with Gasteiger partial charge in [0.15, 0.2) is 20.5 Å². The number of benzene rings is 5. The molecule has 0 aliphatic rings. The summed E-state index contributed by atoms with van der Waals surface area (Å²) in [5.74, 6) is -0.0645. The van der Waals surface area contributed by atoms with E-state index in [0.717, 1.165) is 9.79 Å². The van der Waals surface area contributed by atoms with Crippen LogP contribution in [0.2, 0.25) is 5.02 Å². The van der Waals surface area contributed by atoms with Crippen molar-refractivity contribution in [3.8, 4) is 0 Å². The second kappa shape index (κ2) is 11.0. The molecular formula is C31H22ClOS2+. The van der Waals surface area contributed by atoms with Gasteiger partial charge in [0, 0.05) is 20.9 Å². The summed E-state index contributed by atoms with van der Waals surface area (Å²) >= 11 is 7.88. The highest BCUT2D eigenvalue weighted by Gasteiger charge is 2.28. The molecule has 5 aromatic rings. The van der Waals surface area contributed by atoms with Crippen LogP contribution in [0.3, 0.4) is 0 Å². The predicted molar refractivity (Wildman–Crippen MR) is 147 cm³/mol. The van der Waals surface area contributed by atoms with Crippen molar-refractivity contribution in [2.75, 3.05) is 0 Å². The molecule has 0 saturated carbocycles. The molecule has 5 aromatic carbocycles. The average Bonchev–Trinajstić information content (AvgIpc) is 2.91. The zero-order chi connectivity index (χ0) is 24.0. The minimum Gasteiger partial charge on any atom is -0.289 e. The number of carbonyl (C=O) groups is 1. The van der Waals surface area contributed by atoms with Gasteiger partial charge in [-0.15, -0.1) is 0 Å². The topological polar surface area (TPSA) is 17.1 Å². The molecule has 0 spiro atoms. The molecule has 0 fully saturated rings. The molecule has 0 bridgehead atoms. The summed E-state index contributed by atoms with van der Waals surface area (Å²) in [5.41, 5.74) is 1.16. The van der Waals surface area contributed by atoms with E-state index in [-0.39, 0.29) is 16.7 Å². The molecule has 0 atom stereocenters. The molecule has 0 unspecified atom stereocenters. The van der Waals surface area contributed by atoms with Gasteiger partial charge < -0.3 is 0 Å².